The van der Waals surface area contributed by atoms with Crippen LogP contribution in [0.1, 0.15) is 5.56 Å². The Balaban J connectivity index is 2.87. The molecule has 0 aliphatic heterocycles. The number of carboxylic acid groups (broad SMARTS) is 1. The zero-order valence-electron chi connectivity index (χ0n) is 8.25. The van der Waals surface area contributed by atoms with Crippen LogP contribution in [-0.2, 0) is 11.0 Å². The molecule has 0 fully saturated rings. The molecule has 2 N–H and O–H groups in total. The van der Waals surface area contributed by atoms with E-state index >= 15 is 0 Å². The summed E-state index contributed by atoms with van der Waals surface area (Å²) in [6.45, 7) is 0. The van der Waals surface area contributed by atoms with E-state index in [0.717, 1.165) is 30.5 Å². The number of anilines is 1. The molecule has 1 rings (SSSR count). The zero-order valence-corrected chi connectivity index (χ0v) is 9.01. The molecule has 1 aromatic rings. The van der Waals surface area contributed by atoms with Crippen LogP contribution in [0.5, 0.6) is 0 Å². The van der Waals surface area contributed by atoms with Crippen molar-refractivity contribution in [1.29, 1.82) is 0 Å². The summed E-state index contributed by atoms with van der Waals surface area (Å²) in [6.07, 6.45) is -2.59. The van der Waals surface area contributed by atoms with Gasteiger partial charge in [0.2, 0.25) is 0 Å². The Morgan fingerprint density at radius 1 is 1.41 bits per heavy atom. The quantitative estimate of drug-likeness (QED) is 0.824. The van der Waals surface area contributed by atoms with Gasteiger partial charge in [-0.15, -0.1) is 0 Å². The summed E-state index contributed by atoms with van der Waals surface area (Å²) in [4.78, 5) is 10.2. The number of aliphatic carboxylic acids is 1. The van der Waals surface area contributed by atoms with Crippen molar-refractivity contribution < 1.29 is 23.1 Å². The molecule has 0 unspecified atom stereocenters. The second-order valence-electron chi connectivity index (χ2n) is 3.01. The van der Waals surface area contributed by atoms with Crippen molar-refractivity contribution in [2.75, 3.05) is 5.32 Å². The molecule has 0 radical (unpaired) electrons. The Kier molecular flexibility index (Phi) is 4.01. The Bertz CT molecular complexity index is 457. The molecule has 0 atom stereocenters. The standard InChI is InChI=1S/C10H7ClF3NO2/c11-7-5-6(10(12,13)14)1-2-8(7)15-4-3-9(16)17/h1-5,15H,(H,16,17)/b4-3+. The fourth-order valence-corrected chi connectivity index (χ4v) is 1.25. The van der Waals surface area contributed by atoms with Gasteiger partial charge < -0.3 is 10.4 Å². The summed E-state index contributed by atoms with van der Waals surface area (Å²) in [6, 6.07) is 2.73. The Morgan fingerprint density at radius 2 is 2.06 bits per heavy atom. The number of hydrogen-bond acceptors (Lipinski definition) is 2. The van der Waals surface area contributed by atoms with E-state index in [0.29, 0.717) is 0 Å². The number of rotatable bonds is 3. The van der Waals surface area contributed by atoms with Crippen LogP contribution in [0.2, 0.25) is 5.02 Å². The van der Waals surface area contributed by atoms with Crippen LogP contribution in [0.15, 0.2) is 30.5 Å². The van der Waals surface area contributed by atoms with Gasteiger partial charge in [-0.1, -0.05) is 11.6 Å². The summed E-state index contributed by atoms with van der Waals surface area (Å²) in [5.74, 6) is -1.18. The molecule has 0 heterocycles. The highest BCUT2D eigenvalue weighted by molar-refractivity contribution is 6.33. The monoisotopic (exact) mass is 265 g/mol. The van der Waals surface area contributed by atoms with E-state index in [1.165, 1.54) is 0 Å². The molecule has 0 saturated heterocycles. The average Bonchev–Trinajstić information content (AvgIpc) is 2.18. The highest BCUT2D eigenvalue weighted by Gasteiger charge is 2.30. The van der Waals surface area contributed by atoms with Crippen molar-refractivity contribution in [3.63, 3.8) is 0 Å². The van der Waals surface area contributed by atoms with Gasteiger partial charge in [0.15, 0.2) is 0 Å². The van der Waals surface area contributed by atoms with Crippen LogP contribution < -0.4 is 5.32 Å². The minimum Gasteiger partial charge on any atom is -0.478 e. The number of halogens is 4. The molecule has 92 valence electrons. The molecule has 7 heteroatoms. The second kappa shape index (κ2) is 5.09. The number of nitrogens with one attached hydrogen (secondary N) is 1. The molecule has 0 bridgehead atoms. The van der Waals surface area contributed by atoms with Gasteiger partial charge in [0, 0.05) is 12.3 Å². The highest BCUT2D eigenvalue weighted by Crippen LogP contribution is 2.33. The first-order valence-electron chi connectivity index (χ1n) is 4.33. The van der Waals surface area contributed by atoms with E-state index < -0.39 is 17.7 Å². The van der Waals surface area contributed by atoms with E-state index in [4.69, 9.17) is 16.7 Å². The zero-order chi connectivity index (χ0) is 13.1. The van der Waals surface area contributed by atoms with E-state index in [1.54, 1.807) is 0 Å². The third-order valence-electron chi connectivity index (χ3n) is 1.76. The molecule has 17 heavy (non-hydrogen) atoms. The van der Waals surface area contributed by atoms with Crippen molar-refractivity contribution in [2.45, 2.75) is 6.18 Å². The van der Waals surface area contributed by atoms with Gasteiger partial charge in [-0.25, -0.2) is 4.79 Å². The minimum absolute atomic E-state index is 0.144. The third-order valence-corrected chi connectivity index (χ3v) is 2.07. The second-order valence-corrected chi connectivity index (χ2v) is 3.42. The van der Waals surface area contributed by atoms with Crippen molar-refractivity contribution in [3.05, 3.63) is 41.1 Å². The lowest BCUT2D eigenvalue weighted by molar-refractivity contribution is -0.137. The molecule has 1 aromatic carbocycles. The number of carboxylic acids is 1. The predicted octanol–water partition coefficient (Wildman–Crippen LogP) is 3.37. The molecule has 0 saturated carbocycles. The molecule has 3 nitrogen and oxygen atoms in total. The number of benzene rings is 1. The van der Waals surface area contributed by atoms with Crippen LogP contribution in [-0.4, -0.2) is 11.1 Å². The molecule has 0 spiro atoms. The fraction of sp³-hybridized carbons (Fsp3) is 0.100. The van der Waals surface area contributed by atoms with E-state index in [1.807, 2.05) is 0 Å². The van der Waals surface area contributed by atoms with Gasteiger partial charge in [-0.2, -0.15) is 13.2 Å². The normalized spacial score (nSPS) is 11.8. The van der Waals surface area contributed by atoms with Crippen LogP contribution in [0.25, 0.3) is 0 Å². The first-order chi connectivity index (χ1) is 7.80. The van der Waals surface area contributed by atoms with Crippen LogP contribution in [0, 0.1) is 0 Å². The summed E-state index contributed by atoms with van der Waals surface area (Å²) in [7, 11) is 0. The first-order valence-corrected chi connectivity index (χ1v) is 4.71. The lowest BCUT2D eigenvalue weighted by atomic mass is 10.2. The topological polar surface area (TPSA) is 49.3 Å². The van der Waals surface area contributed by atoms with Gasteiger partial charge >= 0.3 is 12.1 Å². The van der Waals surface area contributed by atoms with Gasteiger partial charge in [-0.3, -0.25) is 0 Å². The SMILES string of the molecule is O=C(O)/C=C/Nc1ccc(C(F)(F)F)cc1Cl. The number of hydrogen-bond donors (Lipinski definition) is 2. The van der Waals surface area contributed by atoms with Gasteiger partial charge in [0.25, 0.3) is 0 Å². The van der Waals surface area contributed by atoms with Crippen LogP contribution in [0.3, 0.4) is 0 Å². The van der Waals surface area contributed by atoms with E-state index in [2.05, 4.69) is 5.32 Å². The summed E-state index contributed by atoms with van der Waals surface area (Å²) < 4.78 is 36.9. The van der Waals surface area contributed by atoms with Gasteiger partial charge in [0.1, 0.15) is 0 Å². The molecule has 0 aromatic heterocycles. The molecular weight excluding hydrogens is 259 g/mol. The number of alkyl halides is 3. The predicted molar refractivity (Wildman–Crippen MR) is 56.9 cm³/mol. The van der Waals surface area contributed by atoms with Crippen molar-refractivity contribution in [1.82, 2.24) is 0 Å². The third kappa shape index (κ3) is 3.99. The Labute approximate surface area is 99.5 Å². The van der Waals surface area contributed by atoms with E-state index in [9.17, 15) is 18.0 Å². The van der Waals surface area contributed by atoms with Crippen LogP contribution in [0.4, 0.5) is 18.9 Å². The smallest absolute Gasteiger partial charge is 0.416 e. The summed E-state index contributed by atoms with van der Waals surface area (Å²) >= 11 is 5.61. The van der Waals surface area contributed by atoms with Gasteiger partial charge in [-0.05, 0) is 18.2 Å². The van der Waals surface area contributed by atoms with Crippen molar-refractivity contribution >= 4 is 23.3 Å². The molecule has 0 aliphatic carbocycles. The van der Waals surface area contributed by atoms with Crippen LogP contribution >= 0.6 is 11.6 Å². The summed E-state index contributed by atoms with van der Waals surface area (Å²) in [5, 5.41) is 10.6. The van der Waals surface area contributed by atoms with E-state index in [-0.39, 0.29) is 10.7 Å². The maximum absolute atomic E-state index is 12.3. The summed E-state index contributed by atoms with van der Waals surface area (Å²) in [5.41, 5.74) is -0.674. The molecular formula is C10H7ClF3NO2. The highest BCUT2D eigenvalue weighted by atomic mass is 35.5. The van der Waals surface area contributed by atoms with Crippen molar-refractivity contribution in [3.8, 4) is 0 Å². The van der Waals surface area contributed by atoms with Gasteiger partial charge in [0.05, 0.1) is 16.3 Å². The lowest BCUT2D eigenvalue weighted by Gasteiger charge is -2.09. The molecule has 0 amide bonds. The Hall–Kier alpha value is -1.69. The number of carbonyl (C=O) groups is 1. The Morgan fingerprint density at radius 3 is 2.53 bits per heavy atom. The minimum atomic E-state index is -4.46. The maximum Gasteiger partial charge on any atom is 0.416 e. The van der Waals surface area contributed by atoms with Crippen molar-refractivity contribution in [2.24, 2.45) is 0 Å². The molecule has 0 aliphatic rings. The largest absolute Gasteiger partial charge is 0.478 e. The maximum atomic E-state index is 12.3. The lowest BCUT2D eigenvalue weighted by Crippen LogP contribution is -2.05. The fourth-order valence-electron chi connectivity index (χ4n) is 1.01. The average molecular weight is 266 g/mol. The first kappa shape index (κ1) is 13.4.